The molecule has 0 aromatic carbocycles. The molecule has 6 nitrogen and oxygen atoms in total. The Bertz CT molecular complexity index is 593. The van der Waals surface area contributed by atoms with Gasteiger partial charge in [0.15, 0.2) is 0 Å². The summed E-state index contributed by atoms with van der Waals surface area (Å²) in [6.45, 7) is 0. The van der Waals surface area contributed by atoms with Crippen molar-refractivity contribution in [1.29, 1.82) is 0 Å². The number of aliphatic carboxylic acids is 1. The van der Waals surface area contributed by atoms with Crippen LogP contribution in [0.2, 0.25) is 0 Å². The van der Waals surface area contributed by atoms with Crippen LogP contribution in [-0.4, -0.2) is 32.8 Å². The maximum absolute atomic E-state index is 12.3. The van der Waals surface area contributed by atoms with Crippen molar-refractivity contribution in [1.82, 2.24) is 15.1 Å². The number of hydrogen-bond donors (Lipinski definition) is 2. The van der Waals surface area contributed by atoms with Gasteiger partial charge in [0.2, 0.25) is 0 Å². The van der Waals surface area contributed by atoms with Crippen LogP contribution >= 0.6 is 0 Å². The Labute approximate surface area is 122 Å². The Morgan fingerprint density at radius 1 is 1.29 bits per heavy atom. The average Bonchev–Trinajstić information content (AvgIpc) is 2.87. The minimum atomic E-state index is -0.725. The number of fused-ring (bicyclic) bond motifs is 1. The van der Waals surface area contributed by atoms with Crippen LogP contribution in [0.15, 0.2) is 12.4 Å². The van der Waals surface area contributed by atoms with Gasteiger partial charge in [-0.1, -0.05) is 0 Å². The first kappa shape index (κ1) is 12.9. The number of amides is 1. The molecule has 4 rings (SSSR count). The number of carbonyl (C=O) groups is 2. The zero-order valence-corrected chi connectivity index (χ0v) is 11.7. The summed E-state index contributed by atoms with van der Waals surface area (Å²) in [6, 6.07) is 0.456. The Morgan fingerprint density at radius 2 is 2.10 bits per heavy atom. The second-order valence-corrected chi connectivity index (χ2v) is 6.62. The van der Waals surface area contributed by atoms with Crippen molar-refractivity contribution in [3.8, 4) is 0 Å². The summed E-state index contributed by atoms with van der Waals surface area (Å²) in [5.41, 5.74) is 0.581. The standard InChI is InChI=1S/C15H19N3O3/c19-14(8-6-16-18(7-8)9-2-1-3-9)17-13-5-12(15(20)21)10-4-11(10)13/h6-7,9-13H,1-5H2,(H,17,19)(H,20,21)/t10-,11+,12-,13+/m1/s1. The first-order valence-electron chi connectivity index (χ1n) is 7.71. The van der Waals surface area contributed by atoms with Gasteiger partial charge in [0.1, 0.15) is 0 Å². The van der Waals surface area contributed by atoms with Gasteiger partial charge in [-0.3, -0.25) is 14.3 Å². The Hall–Kier alpha value is -1.85. The van der Waals surface area contributed by atoms with Crippen LogP contribution < -0.4 is 5.32 Å². The molecule has 3 aliphatic rings. The lowest BCUT2D eigenvalue weighted by Gasteiger charge is -2.25. The maximum Gasteiger partial charge on any atom is 0.306 e. The smallest absolute Gasteiger partial charge is 0.306 e. The van der Waals surface area contributed by atoms with Crippen LogP contribution in [0.25, 0.3) is 0 Å². The fraction of sp³-hybridized carbons (Fsp3) is 0.667. The molecule has 112 valence electrons. The molecule has 6 heteroatoms. The fourth-order valence-corrected chi connectivity index (χ4v) is 3.79. The molecule has 0 spiro atoms. The van der Waals surface area contributed by atoms with Crippen molar-refractivity contribution in [3.05, 3.63) is 18.0 Å². The van der Waals surface area contributed by atoms with Crippen LogP contribution in [0.3, 0.4) is 0 Å². The normalized spacial score (nSPS) is 34.1. The van der Waals surface area contributed by atoms with Gasteiger partial charge >= 0.3 is 5.97 Å². The van der Waals surface area contributed by atoms with Gasteiger partial charge in [-0.15, -0.1) is 0 Å². The zero-order chi connectivity index (χ0) is 14.6. The third-order valence-corrected chi connectivity index (χ3v) is 5.38. The van der Waals surface area contributed by atoms with E-state index < -0.39 is 5.97 Å². The average molecular weight is 289 g/mol. The van der Waals surface area contributed by atoms with E-state index in [1.165, 1.54) is 6.42 Å². The van der Waals surface area contributed by atoms with Gasteiger partial charge in [0.25, 0.3) is 5.91 Å². The topological polar surface area (TPSA) is 84.2 Å². The highest BCUT2D eigenvalue weighted by atomic mass is 16.4. The minimum absolute atomic E-state index is 0.00986. The summed E-state index contributed by atoms with van der Waals surface area (Å²) in [7, 11) is 0. The number of hydrogen-bond acceptors (Lipinski definition) is 3. The molecule has 3 aliphatic carbocycles. The molecule has 0 aliphatic heterocycles. The highest BCUT2D eigenvalue weighted by Crippen LogP contribution is 2.55. The zero-order valence-electron chi connectivity index (χ0n) is 11.7. The summed E-state index contributed by atoms with van der Waals surface area (Å²) in [6.07, 6.45) is 8.42. The molecule has 1 aromatic rings. The van der Waals surface area contributed by atoms with Gasteiger partial charge in [0, 0.05) is 12.2 Å². The molecule has 0 unspecified atom stereocenters. The van der Waals surface area contributed by atoms with Crippen LogP contribution in [0.4, 0.5) is 0 Å². The summed E-state index contributed by atoms with van der Waals surface area (Å²) in [5, 5.41) is 16.4. The van der Waals surface area contributed by atoms with Crippen molar-refractivity contribution >= 4 is 11.9 Å². The quantitative estimate of drug-likeness (QED) is 0.878. The molecule has 4 atom stereocenters. The summed E-state index contributed by atoms with van der Waals surface area (Å²) in [5.74, 6) is -0.500. The molecule has 3 fully saturated rings. The lowest BCUT2D eigenvalue weighted by molar-refractivity contribution is -0.142. The molecule has 0 bridgehead atoms. The number of aromatic nitrogens is 2. The molecule has 21 heavy (non-hydrogen) atoms. The maximum atomic E-state index is 12.3. The molecular weight excluding hydrogens is 270 g/mol. The highest BCUT2D eigenvalue weighted by molar-refractivity contribution is 5.94. The number of nitrogens with one attached hydrogen (secondary N) is 1. The predicted octanol–water partition coefficient (Wildman–Crippen LogP) is 1.45. The van der Waals surface area contributed by atoms with Crippen LogP contribution in [-0.2, 0) is 4.79 Å². The lowest BCUT2D eigenvalue weighted by Crippen LogP contribution is -2.35. The SMILES string of the molecule is O=C(N[C@H]1C[C@@H](C(=O)O)[C@@H]2C[C@@H]21)c1cnn(C2CCC2)c1. The predicted molar refractivity (Wildman–Crippen MR) is 73.7 cm³/mol. The summed E-state index contributed by atoms with van der Waals surface area (Å²) < 4.78 is 1.88. The van der Waals surface area contributed by atoms with Gasteiger partial charge in [-0.25, -0.2) is 0 Å². The van der Waals surface area contributed by atoms with Gasteiger partial charge in [0.05, 0.1) is 23.7 Å². The van der Waals surface area contributed by atoms with Gasteiger partial charge in [-0.05, 0) is 43.9 Å². The van der Waals surface area contributed by atoms with Crippen molar-refractivity contribution in [2.75, 3.05) is 0 Å². The molecule has 3 saturated carbocycles. The van der Waals surface area contributed by atoms with E-state index in [0.717, 1.165) is 19.3 Å². The molecule has 1 amide bonds. The van der Waals surface area contributed by atoms with Gasteiger partial charge in [-0.2, -0.15) is 5.10 Å². The van der Waals surface area contributed by atoms with E-state index in [2.05, 4.69) is 10.4 Å². The monoisotopic (exact) mass is 289 g/mol. The fourth-order valence-electron chi connectivity index (χ4n) is 3.79. The lowest BCUT2D eigenvalue weighted by atomic mass is 9.93. The van der Waals surface area contributed by atoms with E-state index in [9.17, 15) is 9.59 Å². The van der Waals surface area contributed by atoms with Crippen LogP contribution in [0.1, 0.15) is 48.5 Å². The molecule has 2 N–H and O–H groups in total. The Balaban J connectivity index is 1.40. The molecule has 1 heterocycles. The number of nitrogens with zero attached hydrogens (tertiary/aromatic N) is 2. The molecule has 1 aromatic heterocycles. The molecule has 0 radical (unpaired) electrons. The van der Waals surface area contributed by atoms with E-state index in [1.807, 2.05) is 10.9 Å². The van der Waals surface area contributed by atoms with Crippen molar-refractivity contribution < 1.29 is 14.7 Å². The van der Waals surface area contributed by atoms with Crippen LogP contribution in [0, 0.1) is 17.8 Å². The second kappa shape index (κ2) is 4.58. The van der Waals surface area contributed by atoms with E-state index >= 15 is 0 Å². The van der Waals surface area contributed by atoms with E-state index in [1.54, 1.807) is 6.20 Å². The largest absolute Gasteiger partial charge is 0.481 e. The number of rotatable bonds is 4. The Kier molecular flexibility index (Phi) is 2.80. The first-order valence-corrected chi connectivity index (χ1v) is 7.71. The molecular formula is C15H19N3O3. The van der Waals surface area contributed by atoms with E-state index in [-0.39, 0.29) is 23.8 Å². The van der Waals surface area contributed by atoms with E-state index in [4.69, 9.17) is 5.11 Å². The van der Waals surface area contributed by atoms with Crippen molar-refractivity contribution in [3.63, 3.8) is 0 Å². The minimum Gasteiger partial charge on any atom is -0.481 e. The highest BCUT2D eigenvalue weighted by Gasteiger charge is 2.57. The van der Waals surface area contributed by atoms with Crippen LogP contribution in [0.5, 0.6) is 0 Å². The Morgan fingerprint density at radius 3 is 2.71 bits per heavy atom. The van der Waals surface area contributed by atoms with Gasteiger partial charge < -0.3 is 10.4 Å². The van der Waals surface area contributed by atoms with Crippen molar-refractivity contribution in [2.24, 2.45) is 17.8 Å². The first-order chi connectivity index (χ1) is 10.1. The third-order valence-electron chi connectivity index (χ3n) is 5.38. The number of carboxylic acid groups (broad SMARTS) is 1. The van der Waals surface area contributed by atoms with Crippen molar-refractivity contribution in [2.45, 2.75) is 44.2 Å². The number of carbonyl (C=O) groups excluding carboxylic acids is 1. The molecule has 0 saturated heterocycles. The number of carboxylic acids is 1. The summed E-state index contributed by atoms with van der Waals surface area (Å²) in [4.78, 5) is 23.4. The summed E-state index contributed by atoms with van der Waals surface area (Å²) >= 11 is 0. The third kappa shape index (κ3) is 2.13. The van der Waals surface area contributed by atoms with E-state index in [0.29, 0.717) is 23.9 Å². The second-order valence-electron chi connectivity index (χ2n) is 6.62.